The Balaban J connectivity index is 1.19. The summed E-state index contributed by atoms with van der Waals surface area (Å²) in [7, 11) is 3.18. The number of rotatable bonds is 14. The second-order valence-corrected chi connectivity index (χ2v) is 12.7. The highest BCUT2D eigenvalue weighted by Gasteiger charge is 2.23. The molecule has 5 N–H and O–H groups in total. The summed E-state index contributed by atoms with van der Waals surface area (Å²) in [5, 5.41) is 16.8. The van der Waals surface area contributed by atoms with Gasteiger partial charge in [0.2, 0.25) is 17.7 Å². The summed E-state index contributed by atoms with van der Waals surface area (Å²) >= 11 is 14.0. The quantitative estimate of drug-likeness (QED) is 0.121. The van der Waals surface area contributed by atoms with Crippen molar-refractivity contribution in [2.45, 2.75) is 50.9 Å². The maximum Gasteiger partial charge on any atom is 0.220 e. The van der Waals surface area contributed by atoms with Gasteiger partial charge in [-0.3, -0.25) is 14.6 Å². The molecule has 0 aliphatic carbocycles. The third-order valence-corrected chi connectivity index (χ3v) is 9.37. The fourth-order valence-electron chi connectivity index (χ4n) is 6.07. The number of aromatic nitrogens is 3. The molecule has 6 rings (SSSR count). The van der Waals surface area contributed by atoms with Crippen LogP contribution in [0.3, 0.4) is 0 Å². The van der Waals surface area contributed by atoms with E-state index in [4.69, 9.17) is 37.7 Å². The number of benzene rings is 1. The molecule has 1 aromatic carbocycles. The molecule has 14 heteroatoms. The van der Waals surface area contributed by atoms with Crippen LogP contribution in [0.4, 0.5) is 11.5 Å². The number of pyridine rings is 3. The Morgan fingerprint density at radius 3 is 2.14 bits per heavy atom. The van der Waals surface area contributed by atoms with E-state index in [1.165, 1.54) is 0 Å². The van der Waals surface area contributed by atoms with E-state index in [0.717, 1.165) is 24.0 Å². The van der Waals surface area contributed by atoms with Crippen LogP contribution in [0.15, 0.2) is 54.9 Å². The Hall–Kier alpha value is -4.49. The molecule has 4 aromatic rings. The Labute approximate surface area is 294 Å². The van der Waals surface area contributed by atoms with Crippen molar-refractivity contribution in [3.8, 4) is 34.1 Å². The molecule has 0 radical (unpaired) electrons. The van der Waals surface area contributed by atoms with Gasteiger partial charge in [-0.15, -0.1) is 0 Å². The highest BCUT2D eigenvalue weighted by molar-refractivity contribution is 6.39. The van der Waals surface area contributed by atoms with Gasteiger partial charge in [0.25, 0.3) is 0 Å². The molecular formula is C35H38Cl2N8O4. The minimum Gasteiger partial charge on any atom is -0.493 e. The van der Waals surface area contributed by atoms with E-state index >= 15 is 0 Å². The van der Waals surface area contributed by atoms with Gasteiger partial charge >= 0.3 is 0 Å². The second-order valence-electron chi connectivity index (χ2n) is 11.9. The summed E-state index contributed by atoms with van der Waals surface area (Å²) < 4.78 is 11.4. The first-order valence-electron chi connectivity index (χ1n) is 16.1. The Kier molecular flexibility index (Phi) is 11.1. The van der Waals surface area contributed by atoms with Gasteiger partial charge < -0.3 is 36.1 Å². The van der Waals surface area contributed by atoms with Gasteiger partial charge in [0.15, 0.2) is 11.6 Å². The molecule has 2 saturated heterocycles. The third kappa shape index (κ3) is 8.05. The lowest BCUT2D eigenvalue weighted by atomic mass is 10.1. The van der Waals surface area contributed by atoms with Crippen molar-refractivity contribution in [1.82, 2.24) is 36.2 Å². The van der Waals surface area contributed by atoms with Gasteiger partial charge in [-0.1, -0.05) is 41.4 Å². The first kappa shape index (κ1) is 34.4. The van der Waals surface area contributed by atoms with E-state index < -0.39 is 0 Å². The van der Waals surface area contributed by atoms with Crippen LogP contribution < -0.4 is 36.1 Å². The standard InChI is InChI=1S/C35H38Cl2N8O4/c1-48-33-20(16-38-18-22-7-10-28(46)42-22)12-14-41-34(33)44-27-5-3-4-25(30(27)36)32-31(37)24(13-15-40-32)26-9-6-21(35(45-26)49-2)17-39-19-23-8-11-29(47)43-23/h3-6,9,12-15,22-23,38-39H,7-8,10-11,16-19H2,1-2H3,(H,41,44)(H,42,46)(H,43,47)/t22-,23+/m0/s1. The Bertz CT molecular complexity index is 1840. The number of anilines is 2. The van der Waals surface area contributed by atoms with Crippen molar-refractivity contribution in [3.05, 3.63) is 76.0 Å². The van der Waals surface area contributed by atoms with Crippen LogP contribution in [-0.2, 0) is 22.7 Å². The number of methoxy groups -OCH3 is 2. The summed E-state index contributed by atoms with van der Waals surface area (Å²) in [6.07, 6.45) is 6.15. The smallest absolute Gasteiger partial charge is 0.220 e. The molecule has 256 valence electrons. The maximum absolute atomic E-state index is 11.5. The summed E-state index contributed by atoms with van der Waals surface area (Å²) in [6.45, 7) is 2.39. The molecule has 2 fully saturated rings. The highest BCUT2D eigenvalue weighted by Crippen LogP contribution is 2.41. The van der Waals surface area contributed by atoms with Crippen LogP contribution >= 0.6 is 23.2 Å². The zero-order valence-electron chi connectivity index (χ0n) is 27.2. The van der Waals surface area contributed by atoms with Crippen molar-refractivity contribution >= 4 is 46.5 Å². The second kappa shape index (κ2) is 15.8. The number of halogens is 2. The van der Waals surface area contributed by atoms with E-state index in [9.17, 15) is 9.59 Å². The molecule has 49 heavy (non-hydrogen) atoms. The number of carbonyl (C=O) groups is 2. The normalized spacial score (nSPS) is 17.1. The SMILES string of the molecule is COc1nc(-c2ccnc(-c3cccc(Nc4nccc(CNC[C@@H]5CCC(=O)N5)c4OC)c3Cl)c2Cl)ccc1CNC[C@H]1CCC(=O)N1. The topological polar surface area (TPSA) is 151 Å². The Morgan fingerprint density at radius 1 is 0.796 bits per heavy atom. The average molecular weight is 706 g/mol. The van der Waals surface area contributed by atoms with Gasteiger partial charge in [-0.05, 0) is 37.1 Å². The predicted molar refractivity (Wildman–Crippen MR) is 189 cm³/mol. The lowest BCUT2D eigenvalue weighted by Gasteiger charge is -2.17. The number of nitrogens with one attached hydrogen (secondary N) is 5. The molecule has 0 unspecified atom stereocenters. The monoisotopic (exact) mass is 704 g/mol. The molecule has 0 bridgehead atoms. The summed E-state index contributed by atoms with van der Waals surface area (Å²) in [5.41, 5.74) is 4.80. The van der Waals surface area contributed by atoms with Gasteiger partial charge in [0.1, 0.15) is 0 Å². The van der Waals surface area contributed by atoms with Crippen LogP contribution in [0.5, 0.6) is 11.6 Å². The summed E-state index contributed by atoms with van der Waals surface area (Å²) in [6, 6.07) is 13.4. The number of ether oxygens (including phenoxy) is 2. The van der Waals surface area contributed by atoms with Crippen LogP contribution in [0, 0.1) is 0 Å². The fourth-order valence-corrected chi connectivity index (χ4v) is 6.64. The summed E-state index contributed by atoms with van der Waals surface area (Å²) in [5.74, 6) is 1.73. The molecule has 0 saturated carbocycles. The molecule has 3 aromatic heterocycles. The largest absolute Gasteiger partial charge is 0.493 e. The molecule has 2 aliphatic rings. The van der Waals surface area contributed by atoms with Crippen LogP contribution in [0.2, 0.25) is 10.0 Å². The molecule has 5 heterocycles. The Morgan fingerprint density at radius 2 is 1.49 bits per heavy atom. The minimum absolute atomic E-state index is 0.0886. The first-order chi connectivity index (χ1) is 23.8. The van der Waals surface area contributed by atoms with Gasteiger partial charge in [0.05, 0.1) is 41.3 Å². The average Bonchev–Trinajstić information content (AvgIpc) is 3.73. The van der Waals surface area contributed by atoms with Gasteiger partial charge in [0, 0.05) is 85.8 Å². The van der Waals surface area contributed by atoms with Crippen LogP contribution in [0.25, 0.3) is 22.5 Å². The first-order valence-corrected chi connectivity index (χ1v) is 16.9. The van der Waals surface area contributed by atoms with E-state index in [-0.39, 0.29) is 23.9 Å². The predicted octanol–water partition coefficient (Wildman–Crippen LogP) is 5.01. The minimum atomic E-state index is 0.0886. The maximum atomic E-state index is 11.5. The van der Waals surface area contributed by atoms with Crippen molar-refractivity contribution in [2.75, 3.05) is 32.6 Å². The van der Waals surface area contributed by atoms with Crippen LogP contribution in [-0.4, -0.2) is 66.2 Å². The zero-order valence-corrected chi connectivity index (χ0v) is 28.8. The van der Waals surface area contributed by atoms with Crippen molar-refractivity contribution in [1.29, 1.82) is 0 Å². The molecule has 2 amide bonds. The van der Waals surface area contributed by atoms with E-state index in [2.05, 4.69) is 36.6 Å². The third-order valence-electron chi connectivity index (χ3n) is 8.58. The molecule has 12 nitrogen and oxygen atoms in total. The summed E-state index contributed by atoms with van der Waals surface area (Å²) in [4.78, 5) is 36.9. The lowest BCUT2D eigenvalue weighted by molar-refractivity contribution is -0.120. The number of nitrogens with zero attached hydrogens (tertiary/aromatic N) is 3. The van der Waals surface area contributed by atoms with E-state index in [1.54, 1.807) is 32.7 Å². The van der Waals surface area contributed by atoms with Crippen LogP contribution in [0.1, 0.15) is 36.8 Å². The van der Waals surface area contributed by atoms with Crippen molar-refractivity contribution in [3.63, 3.8) is 0 Å². The van der Waals surface area contributed by atoms with Crippen molar-refractivity contribution in [2.24, 2.45) is 0 Å². The zero-order chi connectivity index (χ0) is 34.3. The number of hydrogen-bond acceptors (Lipinski definition) is 10. The fraction of sp³-hybridized carbons (Fsp3) is 0.343. The molecule has 2 aliphatic heterocycles. The number of hydrogen-bond donors (Lipinski definition) is 5. The molecule has 2 atom stereocenters. The molecule has 0 spiro atoms. The number of amides is 2. The van der Waals surface area contributed by atoms with Crippen molar-refractivity contribution < 1.29 is 19.1 Å². The van der Waals surface area contributed by atoms with E-state index in [0.29, 0.717) is 94.7 Å². The highest BCUT2D eigenvalue weighted by atomic mass is 35.5. The van der Waals surface area contributed by atoms with Gasteiger partial charge in [-0.25, -0.2) is 9.97 Å². The lowest BCUT2D eigenvalue weighted by Crippen LogP contribution is -2.35. The van der Waals surface area contributed by atoms with E-state index in [1.807, 2.05) is 36.4 Å². The number of carbonyl (C=O) groups excluding carboxylic acids is 2. The molecular weight excluding hydrogens is 667 g/mol. The van der Waals surface area contributed by atoms with Gasteiger partial charge in [-0.2, -0.15) is 0 Å².